The van der Waals surface area contributed by atoms with Crippen molar-refractivity contribution in [3.63, 3.8) is 0 Å². The van der Waals surface area contributed by atoms with Crippen LogP contribution < -0.4 is 10.1 Å². The normalized spacial score (nSPS) is 11.4. The van der Waals surface area contributed by atoms with Crippen molar-refractivity contribution in [1.29, 1.82) is 0 Å². The SMILES string of the molecule is CCN(CC(=O)NC)S(=O)(=O)c1ccc(OC)c(C)c1. The standard InChI is InChI=1S/C13H20N2O4S/c1-5-15(9-13(16)14-3)20(17,18)11-6-7-12(19-4)10(2)8-11/h6-8H,5,9H2,1-4H3,(H,14,16). The summed E-state index contributed by atoms with van der Waals surface area (Å²) in [5.74, 6) is 0.277. The number of hydrogen-bond acceptors (Lipinski definition) is 4. The highest BCUT2D eigenvalue weighted by molar-refractivity contribution is 7.89. The van der Waals surface area contributed by atoms with Crippen molar-refractivity contribution in [2.24, 2.45) is 0 Å². The fraction of sp³-hybridized carbons (Fsp3) is 0.462. The van der Waals surface area contributed by atoms with E-state index in [-0.39, 0.29) is 23.9 Å². The Morgan fingerprint density at radius 1 is 1.40 bits per heavy atom. The average molecular weight is 300 g/mol. The van der Waals surface area contributed by atoms with Crippen molar-refractivity contribution in [2.45, 2.75) is 18.7 Å². The zero-order chi connectivity index (χ0) is 15.3. The van der Waals surface area contributed by atoms with Crippen LogP contribution in [0, 0.1) is 6.92 Å². The number of likely N-dealkylation sites (N-methyl/N-ethyl adjacent to an activating group) is 2. The first kappa shape index (κ1) is 16.5. The molecule has 1 amide bonds. The van der Waals surface area contributed by atoms with Crippen molar-refractivity contribution in [2.75, 3.05) is 27.2 Å². The van der Waals surface area contributed by atoms with Gasteiger partial charge in [-0.1, -0.05) is 6.92 Å². The smallest absolute Gasteiger partial charge is 0.243 e. The van der Waals surface area contributed by atoms with Crippen LogP contribution in [0.3, 0.4) is 0 Å². The summed E-state index contributed by atoms with van der Waals surface area (Å²) in [5, 5.41) is 2.42. The van der Waals surface area contributed by atoms with Crippen LogP contribution in [0.5, 0.6) is 5.75 Å². The summed E-state index contributed by atoms with van der Waals surface area (Å²) in [7, 11) is -0.686. The van der Waals surface area contributed by atoms with E-state index in [2.05, 4.69) is 5.32 Å². The van der Waals surface area contributed by atoms with E-state index in [4.69, 9.17) is 4.74 Å². The Balaban J connectivity index is 3.14. The molecule has 1 rings (SSSR count). The summed E-state index contributed by atoms with van der Waals surface area (Å²) in [4.78, 5) is 11.5. The molecular weight excluding hydrogens is 280 g/mol. The van der Waals surface area contributed by atoms with Gasteiger partial charge >= 0.3 is 0 Å². The van der Waals surface area contributed by atoms with Crippen LogP contribution in [-0.2, 0) is 14.8 Å². The van der Waals surface area contributed by atoms with Crippen LogP contribution in [0.1, 0.15) is 12.5 Å². The highest BCUT2D eigenvalue weighted by Gasteiger charge is 2.25. The molecule has 0 saturated heterocycles. The van der Waals surface area contributed by atoms with Crippen LogP contribution >= 0.6 is 0 Å². The van der Waals surface area contributed by atoms with Gasteiger partial charge in [-0.25, -0.2) is 8.42 Å². The number of carbonyl (C=O) groups excluding carboxylic acids is 1. The summed E-state index contributed by atoms with van der Waals surface area (Å²) >= 11 is 0. The first-order valence-corrected chi connectivity index (χ1v) is 7.66. The monoisotopic (exact) mass is 300 g/mol. The molecule has 20 heavy (non-hydrogen) atoms. The number of rotatable bonds is 6. The summed E-state index contributed by atoms with van der Waals surface area (Å²) in [5.41, 5.74) is 0.726. The number of ether oxygens (including phenoxy) is 1. The second kappa shape index (κ2) is 6.71. The summed E-state index contributed by atoms with van der Waals surface area (Å²) < 4.78 is 31.2. The molecule has 0 bridgehead atoms. The Hall–Kier alpha value is -1.60. The molecule has 7 heteroatoms. The fourth-order valence-electron chi connectivity index (χ4n) is 1.77. The molecule has 1 N–H and O–H groups in total. The van der Waals surface area contributed by atoms with Gasteiger partial charge < -0.3 is 10.1 Å². The number of methoxy groups -OCH3 is 1. The number of nitrogens with zero attached hydrogens (tertiary/aromatic N) is 1. The van der Waals surface area contributed by atoms with E-state index < -0.39 is 10.0 Å². The van der Waals surface area contributed by atoms with Gasteiger partial charge in [0.25, 0.3) is 0 Å². The van der Waals surface area contributed by atoms with Gasteiger partial charge in [-0.3, -0.25) is 4.79 Å². The molecule has 1 aromatic carbocycles. The van der Waals surface area contributed by atoms with Crippen molar-refractivity contribution in [1.82, 2.24) is 9.62 Å². The lowest BCUT2D eigenvalue weighted by Gasteiger charge is -2.20. The first-order chi connectivity index (χ1) is 9.36. The summed E-state index contributed by atoms with van der Waals surface area (Å²) in [6.07, 6.45) is 0. The van der Waals surface area contributed by atoms with Crippen molar-refractivity contribution >= 4 is 15.9 Å². The van der Waals surface area contributed by atoms with E-state index in [0.717, 1.165) is 9.87 Å². The average Bonchev–Trinajstić information content (AvgIpc) is 2.43. The molecule has 6 nitrogen and oxygen atoms in total. The lowest BCUT2D eigenvalue weighted by Crippen LogP contribution is -2.39. The van der Waals surface area contributed by atoms with E-state index in [1.54, 1.807) is 26.0 Å². The third-order valence-corrected chi connectivity index (χ3v) is 4.87. The number of benzene rings is 1. The Kier molecular flexibility index (Phi) is 5.52. The summed E-state index contributed by atoms with van der Waals surface area (Å²) in [6, 6.07) is 4.63. The van der Waals surface area contributed by atoms with Gasteiger partial charge in [0.2, 0.25) is 15.9 Å². The maximum absolute atomic E-state index is 12.5. The second-order valence-electron chi connectivity index (χ2n) is 4.24. The van der Waals surface area contributed by atoms with E-state index in [1.807, 2.05) is 0 Å². The first-order valence-electron chi connectivity index (χ1n) is 6.22. The maximum Gasteiger partial charge on any atom is 0.243 e. The number of amides is 1. The molecule has 1 aromatic rings. The molecular formula is C13H20N2O4S. The van der Waals surface area contributed by atoms with Crippen LogP contribution in [0.2, 0.25) is 0 Å². The van der Waals surface area contributed by atoms with E-state index >= 15 is 0 Å². The van der Waals surface area contributed by atoms with Gasteiger partial charge in [0.05, 0.1) is 18.6 Å². The Morgan fingerprint density at radius 3 is 2.50 bits per heavy atom. The number of nitrogens with one attached hydrogen (secondary N) is 1. The molecule has 0 radical (unpaired) electrons. The highest BCUT2D eigenvalue weighted by Crippen LogP contribution is 2.23. The van der Waals surface area contributed by atoms with Crippen LogP contribution in [0.25, 0.3) is 0 Å². The molecule has 0 fully saturated rings. The molecule has 0 aromatic heterocycles. The molecule has 0 aliphatic rings. The molecule has 0 aliphatic heterocycles. The highest BCUT2D eigenvalue weighted by atomic mass is 32.2. The van der Waals surface area contributed by atoms with Crippen molar-refractivity contribution < 1.29 is 17.9 Å². The van der Waals surface area contributed by atoms with Gasteiger partial charge in [-0.05, 0) is 30.7 Å². The number of carbonyl (C=O) groups is 1. The number of aryl methyl sites for hydroxylation is 1. The molecule has 0 saturated carbocycles. The second-order valence-corrected chi connectivity index (χ2v) is 6.17. The Morgan fingerprint density at radius 2 is 2.05 bits per heavy atom. The van der Waals surface area contributed by atoms with Crippen LogP contribution in [0.15, 0.2) is 23.1 Å². The van der Waals surface area contributed by atoms with E-state index in [9.17, 15) is 13.2 Å². The Bertz CT molecular complexity index is 584. The predicted octanol–water partition coefficient (Wildman–Crippen LogP) is 0.760. The molecule has 0 atom stereocenters. The van der Waals surface area contributed by atoms with Crippen LogP contribution in [-0.4, -0.2) is 45.9 Å². The predicted molar refractivity (Wildman–Crippen MR) is 76.2 cm³/mol. The van der Waals surface area contributed by atoms with Gasteiger partial charge in [0, 0.05) is 13.6 Å². The van der Waals surface area contributed by atoms with Crippen molar-refractivity contribution in [3.8, 4) is 5.75 Å². The van der Waals surface area contributed by atoms with Gasteiger partial charge in [-0.2, -0.15) is 4.31 Å². The zero-order valence-corrected chi connectivity index (χ0v) is 13.0. The molecule has 112 valence electrons. The third-order valence-electron chi connectivity index (χ3n) is 2.96. The minimum atomic E-state index is -3.69. The zero-order valence-electron chi connectivity index (χ0n) is 12.1. The van der Waals surface area contributed by atoms with E-state index in [0.29, 0.717) is 5.75 Å². The largest absolute Gasteiger partial charge is 0.496 e. The lowest BCUT2D eigenvalue weighted by molar-refractivity contribution is -0.120. The topological polar surface area (TPSA) is 75.7 Å². The molecule has 0 unspecified atom stereocenters. The molecule has 0 heterocycles. The Labute approximate surface area is 119 Å². The van der Waals surface area contributed by atoms with Gasteiger partial charge in [-0.15, -0.1) is 0 Å². The third kappa shape index (κ3) is 3.49. The number of hydrogen-bond donors (Lipinski definition) is 1. The maximum atomic E-state index is 12.5. The fourth-order valence-corrected chi connectivity index (χ4v) is 3.26. The van der Waals surface area contributed by atoms with Gasteiger partial charge in [0.15, 0.2) is 0 Å². The molecule has 0 aliphatic carbocycles. The minimum absolute atomic E-state index is 0.154. The lowest BCUT2D eigenvalue weighted by atomic mass is 10.2. The van der Waals surface area contributed by atoms with Crippen LogP contribution in [0.4, 0.5) is 0 Å². The quantitative estimate of drug-likeness (QED) is 0.841. The molecule has 0 spiro atoms. The van der Waals surface area contributed by atoms with Gasteiger partial charge in [0.1, 0.15) is 5.75 Å². The minimum Gasteiger partial charge on any atom is -0.496 e. The summed E-state index contributed by atoms with van der Waals surface area (Å²) in [6.45, 7) is 3.49. The van der Waals surface area contributed by atoms with Crippen molar-refractivity contribution in [3.05, 3.63) is 23.8 Å². The van der Waals surface area contributed by atoms with E-state index in [1.165, 1.54) is 20.2 Å². The number of sulfonamides is 1.